The molecular weight excluding hydrogens is 372 g/mol. The number of benzene rings is 3. The first-order valence-corrected chi connectivity index (χ1v) is 9.53. The van der Waals surface area contributed by atoms with Crippen molar-refractivity contribution in [2.75, 3.05) is 5.32 Å². The zero-order valence-electron chi connectivity index (χ0n) is 15.2. The van der Waals surface area contributed by atoms with E-state index in [1.54, 1.807) is 0 Å². The zero-order valence-corrected chi connectivity index (χ0v) is 16.7. The molecular formula is C23H19ClN2S. The number of rotatable bonds is 4. The lowest BCUT2D eigenvalue weighted by molar-refractivity contribution is 0.969. The van der Waals surface area contributed by atoms with Crippen LogP contribution in [0.3, 0.4) is 0 Å². The van der Waals surface area contributed by atoms with Gasteiger partial charge in [-0.05, 0) is 60.5 Å². The number of nitrogens with one attached hydrogen (secondary N) is 1. The Labute approximate surface area is 169 Å². The van der Waals surface area contributed by atoms with Crippen LogP contribution in [0.25, 0.3) is 10.9 Å². The minimum atomic E-state index is 0.647. The van der Waals surface area contributed by atoms with E-state index in [0.717, 1.165) is 32.9 Å². The van der Waals surface area contributed by atoms with Crippen molar-refractivity contribution in [3.8, 4) is 0 Å². The number of aromatic nitrogens is 1. The number of aryl methyl sites for hydroxylation is 2. The molecule has 0 aliphatic rings. The second-order valence-electron chi connectivity index (χ2n) is 6.66. The second kappa shape index (κ2) is 7.18. The van der Waals surface area contributed by atoms with Gasteiger partial charge in [-0.1, -0.05) is 48.1 Å². The molecule has 3 aromatic carbocycles. The van der Waals surface area contributed by atoms with Gasteiger partial charge < -0.3 is 9.88 Å². The van der Waals surface area contributed by atoms with Gasteiger partial charge in [-0.3, -0.25) is 0 Å². The third-order valence-corrected chi connectivity index (χ3v) is 5.53. The van der Waals surface area contributed by atoms with Crippen LogP contribution in [0, 0.1) is 6.92 Å². The Morgan fingerprint density at radius 1 is 0.926 bits per heavy atom. The minimum Gasteiger partial charge on any atom is -0.355 e. The molecule has 0 aliphatic heterocycles. The molecule has 0 spiro atoms. The van der Waals surface area contributed by atoms with Gasteiger partial charge in [0.25, 0.3) is 0 Å². The lowest BCUT2D eigenvalue weighted by Gasteiger charge is -2.12. The van der Waals surface area contributed by atoms with Gasteiger partial charge in [0, 0.05) is 41.1 Å². The molecule has 0 radical (unpaired) electrons. The van der Waals surface area contributed by atoms with Crippen LogP contribution >= 0.6 is 23.8 Å². The van der Waals surface area contributed by atoms with E-state index in [-0.39, 0.29) is 0 Å². The average molecular weight is 391 g/mol. The summed E-state index contributed by atoms with van der Waals surface area (Å²) in [7, 11) is 2.05. The van der Waals surface area contributed by atoms with E-state index in [0.29, 0.717) is 5.02 Å². The molecule has 1 aromatic heterocycles. The molecule has 4 rings (SSSR count). The molecule has 0 saturated heterocycles. The molecule has 134 valence electrons. The molecule has 0 amide bonds. The van der Waals surface area contributed by atoms with Crippen molar-refractivity contribution in [2.45, 2.75) is 6.92 Å². The lowest BCUT2D eigenvalue weighted by Crippen LogP contribution is -2.03. The first kappa shape index (κ1) is 17.8. The van der Waals surface area contributed by atoms with E-state index < -0.39 is 0 Å². The van der Waals surface area contributed by atoms with Crippen LogP contribution < -0.4 is 5.32 Å². The van der Waals surface area contributed by atoms with Gasteiger partial charge in [0.2, 0.25) is 0 Å². The molecule has 0 unspecified atom stereocenters. The average Bonchev–Trinajstić information content (AvgIpc) is 3.02. The normalized spacial score (nSPS) is 10.9. The Hall–Kier alpha value is -2.62. The maximum atomic E-state index is 6.56. The summed E-state index contributed by atoms with van der Waals surface area (Å²) in [5.74, 6) is 0. The van der Waals surface area contributed by atoms with Crippen molar-refractivity contribution in [2.24, 2.45) is 7.05 Å². The standard InChI is InChI=1S/C23H19ClN2S/c1-15-5-3-4-6-19(15)23(27)20-9-7-18(14-21(20)24)25-17-8-10-22-16(13-17)11-12-26(22)2/h3-14,25H,1-2H3. The van der Waals surface area contributed by atoms with E-state index in [1.165, 1.54) is 10.9 Å². The SMILES string of the molecule is Cc1ccccc1C(=S)c1ccc(Nc2ccc3c(ccn3C)c2)cc1Cl. The van der Waals surface area contributed by atoms with Gasteiger partial charge in [0.1, 0.15) is 0 Å². The van der Waals surface area contributed by atoms with Crippen molar-refractivity contribution in [1.29, 1.82) is 0 Å². The molecule has 2 nitrogen and oxygen atoms in total. The van der Waals surface area contributed by atoms with Gasteiger partial charge in [-0.15, -0.1) is 0 Å². The first-order chi connectivity index (χ1) is 13.0. The minimum absolute atomic E-state index is 0.647. The molecule has 0 fully saturated rings. The van der Waals surface area contributed by atoms with E-state index in [2.05, 4.69) is 53.3 Å². The van der Waals surface area contributed by atoms with Crippen molar-refractivity contribution >= 4 is 51.0 Å². The number of anilines is 2. The summed E-state index contributed by atoms with van der Waals surface area (Å²) in [6.45, 7) is 2.06. The second-order valence-corrected chi connectivity index (χ2v) is 7.48. The third-order valence-electron chi connectivity index (χ3n) is 4.78. The highest BCUT2D eigenvalue weighted by atomic mass is 35.5. The Bertz CT molecular complexity index is 1160. The van der Waals surface area contributed by atoms with Crippen LogP contribution in [0.1, 0.15) is 16.7 Å². The monoisotopic (exact) mass is 390 g/mol. The van der Waals surface area contributed by atoms with Crippen molar-refractivity contribution in [1.82, 2.24) is 4.57 Å². The lowest BCUT2D eigenvalue weighted by atomic mass is 10.00. The quantitative estimate of drug-likeness (QED) is 0.310. The molecule has 27 heavy (non-hydrogen) atoms. The molecule has 4 heteroatoms. The summed E-state index contributed by atoms with van der Waals surface area (Å²) in [6.07, 6.45) is 2.06. The maximum Gasteiger partial charge on any atom is 0.0539 e. The molecule has 1 N–H and O–H groups in total. The predicted octanol–water partition coefficient (Wildman–Crippen LogP) is 6.65. The van der Waals surface area contributed by atoms with E-state index in [9.17, 15) is 0 Å². The molecule has 0 aliphatic carbocycles. The summed E-state index contributed by atoms with van der Waals surface area (Å²) in [4.78, 5) is 0.773. The largest absolute Gasteiger partial charge is 0.355 e. The number of nitrogens with zero attached hydrogens (tertiary/aromatic N) is 1. The smallest absolute Gasteiger partial charge is 0.0539 e. The number of fused-ring (bicyclic) bond motifs is 1. The molecule has 0 atom stereocenters. The summed E-state index contributed by atoms with van der Waals surface area (Å²) in [6, 6.07) is 22.5. The Kier molecular flexibility index (Phi) is 4.73. The van der Waals surface area contributed by atoms with Crippen LogP contribution in [-0.4, -0.2) is 9.43 Å². The Balaban J connectivity index is 1.61. The highest BCUT2D eigenvalue weighted by Crippen LogP contribution is 2.28. The van der Waals surface area contributed by atoms with Gasteiger partial charge in [-0.25, -0.2) is 0 Å². The first-order valence-electron chi connectivity index (χ1n) is 8.75. The highest BCUT2D eigenvalue weighted by Gasteiger charge is 2.11. The van der Waals surface area contributed by atoms with E-state index >= 15 is 0 Å². The maximum absolute atomic E-state index is 6.56. The fourth-order valence-electron chi connectivity index (χ4n) is 3.28. The zero-order chi connectivity index (χ0) is 19.0. The molecule has 0 bridgehead atoms. The molecule has 4 aromatic rings. The van der Waals surface area contributed by atoms with Crippen LogP contribution in [0.5, 0.6) is 0 Å². The van der Waals surface area contributed by atoms with Crippen LogP contribution in [0.2, 0.25) is 5.02 Å². The molecule has 1 heterocycles. The summed E-state index contributed by atoms with van der Waals surface area (Å²) >= 11 is 12.2. The fourth-order valence-corrected chi connectivity index (χ4v) is 4.01. The number of hydrogen-bond acceptors (Lipinski definition) is 2. The van der Waals surface area contributed by atoms with Crippen molar-refractivity contribution in [3.05, 3.63) is 94.6 Å². The van der Waals surface area contributed by atoms with E-state index in [4.69, 9.17) is 23.8 Å². The van der Waals surface area contributed by atoms with Gasteiger partial charge in [-0.2, -0.15) is 0 Å². The van der Waals surface area contributed by atoms with Crippen LogP contribution in [-0.2, 0) is 7.05 Å². The fraction of sp³-hybridized carbons (Fsp3) is 0.0870. The number of thiocarbonyl (C=S) groups is 1. The van der Waals surface area contributed by atoms with Gasteiger partial charge in [0.05, 0.1) is 9.89 Å². The van der Waals surface area contributed by atoms with Crippen molar-refractivity contribution < 1.29 is 0 Å². The Morgan fingerprint density at radius 2 is 1.67 bits per heavy atom. The predicted molar refractivity (Wildman–Crippen MR) is 120 cm³/mol. The summed E-state index contributed by atoms with van der Waals surface area (Å²) in [5.41, 5.74) is 6.25. The highest BCUT2D eigenvalue weighted by molar-refractivity contribution is 7.81. The topological polar surface area (TPSA) is 17.0 Å². The van der Waals surface area contributed by atoms with Crippen LogP contribution in [0.15, 0.2) is 72.9 Å². The number of halogens is 1. The third kappa shape index (κ3) is 3.48. The van der Waals surface area contributed by atoms with Gasteiger partial charge in [0.15, 0.2) is 0 Å². The number of hydrogen-bond donors (Lipinski definition) is 1. The van der Waals surface area contributed by atoms with Crippen molar-refractivity contribution in [3.63, 3.8) is 0 Å². The Morgan fingerprint density at radius 3 is 2.44 bits per heavy atom. The summed E-state index contributed by atoms with van der Waals surface area (Å²) < 4.78 is 2.11. The van der Waals surface area contributed by atoms with E-state index in [1.807, 2.05) is 43.4 Å². The summed E-state index contributed by atoms with van der Waals surface area (Å²) in [5, 5.41) is 5.27. The molecule has 0 saturated carbocycles. The van der Waals surface area contributed by atoms with Crippen LogP contribution in [0.4, 0.5) is 11.4 Å². The van der Waals surface area contributed by atoms with Gasteiger partial charge >= 0.3 is 0 Å².